The number of fused-ring (bicyclic) bond motifs is 9. The number of aromatic nitrogens is 1. The number of anilines is 3. The van der Waals surface area contributed by atoms with Crippen molar-refractivity contribution in [2.24, 2.45) is 0 Å². The van der Waals surface area contributed by atoms with Crippen LogP contribution in [0.15, 0.2) is 251 Å². The second kappa shape index (κ2) is 15.3. The Morgan fingerprint density at radius 2 is 0.939 bits per heavy atom. The molecule has 0 saturated heterocycles. The van der Waals surface area contributed by atoms with Gasteiger partial charge in [-0.1, -0.05) is 176 Å². The van der Waals surface area contributed by atoms with Crippen LogP contribution in [0.2, 0.25) is 0 Å². The summed E-state index contributed by atoms with van der Waals surface area (Å²) in [6.07, 6.45) is 0. The predicted molar refractivity (Wildman–Crippen MR) is 278 cm³/mol. The van der Waals surface area contributed by atoms with Crippen LogP contribution in [0.25, 0.3) is 76.8 Å². The molecule has 11 aromatic carbocycles. The summed E-state index contributed by atoms with van der Waals surface area (Å²) in [5.41, 5.74) is 7.34. The minimum atomic E-state index is -2.89. The van der Waals surface area contributed by atoms with Gasteiger partial charge in [0.25, 0.3) is 0 Å². The number of benzene rings is 11. The van der Waals surface area contributed by atoms with Crippen LogP contribution in [0, 0.1) is 0 Å². The highest BCUT2D eigenvalue weighted by Crippen LogP contribution is 2.45. The van der Waals surface area contributed by atoms with E-state index in [0.29, 0.717) is 5.89 Å². The van der Waals surface area contributed by atoms with Gasteiger partial charge in [-0.25, -0.2) is 4.98 Å². The van der Waals surface area contributed by atoms with Crippen LogP contribution in [-0.2, 0) is 0 Å². The lowest BCUT2D eigenvalue weighted by molar-refractivity contribution is 0.623. The number of furan rings is 1. The third-order valence-corrected chi connectivity index (χ3v) is 18.1. The predicted octanol–water partition coefficient (Wildman–Crippen LogP) is 13.7. The molecule has 0 aliphatic heterocycles. The van der Waals surface area contributed by atoms with Gasteiger partial charge in [0.1, 0.15) is 16.7 Å². The van der Waals surface area contributed by atoms with Crippen molar-refractivity contribution in [3.63, 3.8) is 0 Å². The third kappa shape index (κ3) is 6.02. The van der Waals surface area contributed by atoms with Crippen molar-refractivity contribution < 1.29 is 8.83 Å². The number of hydrogen-bond acceptors (Lipinski definition) is 4. The molecule has 0 bridgehead atoms. The molecule has 4 nitrogen and oxygen atoms in total. The van der Waals surface area contributed by atoms with Crippen molar-refractivity contribution in [1.29, 1.82) is 0 Å². The molecule has 13 rings (SSSR count). The molecule has 0 unspecified atom stereocenters. The summed E-state index contributed by atoms with van der Waals surface area (Å²) in [5, 5.41) is 14.0. The molecule has 66 heavy (non-hydrogen) atoms. The number of nitrogens with zero attached hydrogens (tertiary/aromatic N) is 2. The van der Waals surface area contributed by atoms with Crippen LogP contribution in [0.5, 0.6) is 0 Å². The highest BCUT2D eigenvalue weighted by atomic mass is 28.3. The number of rotatable bonds is 8. The zero-order valence-corrected chi connectivity index (χ0v) is 36.8. The molecule has 0 atom stereocenters. The Labute approximate surface area is 382 Å². The average molecular weight is 861 g/mol. The van der Waals surface area contributed by atoms with E-state index in [1.165, 1.54) is 26.1 Å². The molecule has 0 spiro atoms. The average Bonchev–Trinajstić information content (AvgIpc) is 3.99. The van der Waals surface area contributed by atoms with Gasteiger partial charge in [0.05, 0.1) is 11.1 Å². The van der Waals surface area contributed by atoms with E-state index >= 15 is 0 Å². The minimum Gasteiger partial charge on any atom is -0.456 e. The van der Waals surface area contributed by atoms with Crippen molar-refractivity contribution >= 4 is 111 Å². The van der Waals surface area contributed by atoms with Gasteiger partial charge in [-0.05, 0) is 114 Å². The summed E-state index contributed by atoms with van der Waals surface area (Å²) in [6, 6.07) is 87.7. The summed E-state index contributed by atoms with van der Waals surface area (Å²) in [4.78, 5) is 7.43. The molecule has 13 aromatic rings. The van der Waals surface area contributed by atoms with Gasteiger partial charge in [0.2, 0.25) is 5.89 Å². The zero-order chi connectivity index (χ0) is 43.6. The number of oxazole rings is 1. The van der Waals surface area contributed by atoms with Crippen LogP contribution in [0.1, 0.15) is 0 Å². The van der Waals surface area contributed by atoms with E-state index in [4.69, 9.17) is 13.8 Å². The van der Waals surface area contributed by atoms with Gasteiger partial charge in [-0.15, -0.1) is 0 Å². The SMILES string of the molecule is c1ccc(-c2nc3ccc4ccc5ccc(N(c6cccc([Si](c7ccccc7)(c7ccccc7)c7ccccc7)c6)c6cccc7oc8cc9ccccc9cc8c67)cc5c4c3o2)cc1. The lowest BCUT2D eigenvalue weighted by atomic mass is 9.99. The molecular formula is C61H40N2O2Si. The highest BCUT2D eigenvalue weighted by molar-refractivity contribution is 7.19. The molecule has 0 amide bonds. The second-order valence-electron chi connectivity index (χ2n) is 17.0. The maximum absolute atomic E-state index is 6.75. The van der Waals surface area contributed by atoms with Gasteiger partial charge in [0.15, 0.2) is 13.7 Å². The van der Waals surface area contributed by atoms with E-state index in [0.717, 1.165) is 82.6 Å². The Balaban J connectivity index is 1.11. The Kier molecular flexibility index (Phi) is 8.83. The molecular weight excluding hydrogens is 821 g/mol. The van der Waals surface area contributed by atoms with Gasteiger partial charge in [-0.3, -0.25) is 0 Å². The Morgan fingerprint density at radius 3 is 1.65 bits per heavy atom. The first kappa shape index (κ1) is 38.0. The van der Waals surface area contributed by atoms with Crippen molar-refractivity contribution in [2.45, 2.75) is 0 Å². The summed E-state index contributed by atoms with van der Waals surface area (Å²) in [7, 11) is -2.89. The topological polar surface area (TPSA) is 42.4 Å². The van der Waals surface area contributed by atoms with Crippen LogP contribution >= 0.6 is 0 Å². The third-order valence-electron chi connectivity index (χ3n) is 13.4. The fourth-order valence-corrected chi connectivity index (χ4v) is 15.2. The van der Waals surface area contributed by atoms with E-state index in [1.807, 2.05) is 30.3 Å². The van der Waals surface area contributed by atoms with Gasteiger partial charge in [0, 0.05) is 27.7 Å². The zero-order valence-electron chi connectivity index (χ0n) is 35.8. The van der Waals surface area contributed by atoms with Gasteiger partial charge in [-0.2, -0.15) is 0 Å². The molecule has 0 aliphatic rings. The van der Waals surface area contributed by atoms with Crippen LogP contribution < -0.4 is 25.6 Å². The molecule has 2 aromatic heterocycles. The smallest absolute Gasteiger partial charge is 0.227 e. The Morgan fingerprint density at radius 1 is 0.364 bits per heavy atom. The van der Waals surface area contributed by atoms with Crippen LogP contribution in [-0.4, -0.2) is 13.1 Å². The fourth-order valence-electron chi connectivity index (χ4n) is 10.4. The lowest BCUT2D eigenvalue weighted by Gasteiger charge is -2.35. The first-order valence-corrected chi connectivity index (χ1v) is 24.4. The van der Waals surface area contributed by atoms with Crippen molar-refractivity contribution in [3.05, 3.63) is 243 Å². The van der Waals surface area contributed by atoms with E-state index in [9.17, 15) is 0 Å². The monoisotopic (exact) mass is 860 g/mol. The van der Waals surface area contributed by atoms with Crippen LogP contribution in [0.3, 0.4) is 0 Å². The van der Waals surface area contributed by atoms with Crippen molar-refractivity contribution in [2.75, 3.05) is 4.90 Å². The molecule has 0 aliphatic carbocycles. The molecule has 310 valence electrons. The van der Waals surface area contributed by atoms with Crippen molar-refractivity contribution in [3.8, 4) is 11.5 Å². The summed E-state index contributed by atoms with van der Waals surface area (Å²) in [5.74, 6) is 0.610. The largest absolute Gasteiger partial charge is 0.456 e. The quantitative estimate of drug-likeness (QED) is 0.0867. The van der Waals surface area contributed by atoms with E-state index in [-0.39, 0.29) is 0 Å². The lowest BCUT2D eigenvalue weighted by Crippen LogP contribution is -2.74. The van der Waals surface area contributed by atoms with E-state index in [2.05, 4.69) is 217 Å². The maximum Gasteiger partial charge on any atom is 0.227 e. The second-order valence-corrected chi connectivity index (χ2v) is 20.9. The van der Waals surface area contributed by atoms with Crippen LogP contribution in [0.4, 0.5) is 17.1 Å². The summed E-state index contributed by atoms with van der Waals surface area (Å²) in [6.45, 7) is 0. The fraction of sp³-hybridized carbons (Fsp3) is 0. The molecule has 0 N–H and O–H groups in total. The standard InChI is InChI=1S/C61H40N2O2Si/c1-5-17-43(18-6-1)61-62-54-36-34-42-32-31-41-33-35-47(40-52(41)58(42)60(54)65-61)63(55-29-16-30-56-59(55)53-37-44-19-13-14-20-45(44)38-57(53)64-56)46-21-15-28-51(39-46)66(48-22-7-2-8-23-48,49-24-9-3-10-25-49)50-26-11-4-12-27-50/h1-40H. The first-order chi connectivity index (χ1) is 32.7. The van der Waals surface area contributed by atoms with E-state index < -0.39 is 8.07 Å². The maximum atomic E-state index is 6.75. The highest BCUT2D eigenvalue weighted by Gasteiger charge is 2.41. The minimum absolute atomic E-state index is 0.610. The molecule has 0 radical (unpaired) electrons. The molecule has 5 heteroatoms. The molecule has 0 fully saturated rings. The van der Waals surface area contributed by atoms with Gasteiger partial charge >= 0.3 is 0 Å². The van der Waals surface area contributed by atoms with E-state index in [1.54, 1.807) is 0 Å². The Bertz CT molecular complexity index is 3840. The molecule has 0 saturated carbocycles. The Hall–Kier alpha value is -8.51. The van der Waals surface area contributed by atoms with Crippen molar-refractivity contribution in [1.82, 2.24) is 4.98 Å². The van der Waals surface area contributed by atoms with Gasteiger partial charge < -0.3 is 13.7 Å². The summed E-state index contributed by atoms with van der Waals surface area (Å²) >= 11 is 0. The summed E-state index contributed by atoms with van der Waals surface area (Å²) < 4.78 is 13.5. The molecule has 2 heterocycles. The normalized spacial score (nSPS) is 11.9. The first-order valence-electron chi connectivity index (χ1n) is 22.4. The number of hydrogen-bond donors (Lipinski definition) is 0.